The summed E-state index contributed by atoms with van der Waals surface area (Å²) in [5, 5.41) is 10.4. The first-order chi connectivity index (χ1) is 7.29. The Morgan fingerprint density at radius 2 is 1.80 bits per heavy atom. The van der Waals surface area contributed by atoms with Gasteiger partial charge in [0.2, 0.25) is 0 Å². The predicted molar refractivity (Wildman–Crippen MR) is 59.2 cm³/mol. The second-order valence-electron chi connectivity index (χ2n) is 5.16. The first kappa shape index (κ1) is 8.60. The number of halogens is 1. The minimum absolute atomic E-state index is 0.158. The van der Waals surface area contributed by atoms with Crippen molar-refractivity contribution in [1.29, 1.82) is 0 Å². The molecule has 2 fully saturated rings. The molecule has 2 bridgehead atoms. The van der Waals surface area contributed by atoms with Crippen LogP contribution in [0.2, 0.25) is 0 Å². The molecule has 0 aromatic heterocycles. The SMILES string of the molecule is O[C@@H]1[C@@H]2C[C@H](Cl)[C@H]1[C@H]1c3ccccc3[C@@H]21. The molecule has 0 unspecified atom stereocenters. The van der Waals surface area contributed by atoms with Crippen LogP contribution < -0.4 is 0 Å². The van der Waals surface area contributed by atoms with Gasteiger partial charge in [0.05, 0.1) is 6.10 Å². The maximum absolute atomic E-state index is 10.2. The molecule has 2 heteroatoms. The molecule has 6 atom stereocenters. The van der Waals surface area contributed by atoms with E-state index in [1.54, 1.807) is 0 Å². The monoisotopic (exact) mass is 220 g/mol. The number of aliphatic hydroxyl groups is 1. The van der Waals surface area contributed by atoms with Crippen molar-refractivity contribution in [1.82, 2.24) is 0 Å². The van der Waals surface area contributed by atoms with Gasteiger partial charge in [0.25, 0.3) is 0 Å². The van der Waals surface area contributed by atoms with E-state index >= 15 is 0 Å². The Labute approximate surface area is 94.1 Å². The molecule has 3 aliphatic rings. The normalized spacial score (nSPS) is 49.7. The van der Waals surface area contributed by atoms with Crippen LogP contribution in [0.3, 0.4) is 0 Å². The van der Waals surface area contributed by atoms with E-state index in [0.717, 1.165) is 6.42 Å². The fourth-order valence-electron chi connectivity index (χ4n) is 4.20. The fourth-order valence-corrected chi connectivity index (χ4v) is 4.72. The van der Waals surface area contributed by atoms with Gasteiger partial charge in [-0.25, -0.2) is 0 Å². The van der Waals surface area contributed by atoms with Crippen LogP contribution >= 0.6 is 11.6 Å². The van der Waals surface area contributed by atoms with Gasteiger partial charge < -0.3 is 5.11 Å². The van der Waals surface area contributed by atoms with E-state index in [1.807, 2.05) is 0 Å². The summed E-state index contributed by atoms with van der Waals surface area (Å²) >= 11 is 6.30. The van der Waals surface area contributed by atoms with E-state index in [9.17, 15) is 5.11 Å². The van der Waals surface area contributed by atoms with Crippen LogP contribution in [0.1, 0.15) is 29.4 Å². The molecule has 1 aromatic carbocycles. The summed E-state index contributed by atoms with van der Waals surface area (Å²) in [6.07, 6.45) is 0.845. The van der Waals surface area contributed by atoms with Crippen LogP contribution in [-0.2, 0) is 0 Å². The Kier molecular flexibility index (Phi) is 1.48. The maximum Gasteiger partial charge on any atom is 0.0623 e. The third-order valence-corrected chi connectivity index (χ3v) is 5.19. The lowest BCUT2D eigenvalue weighted by Crippen LogP contribution is -2.34. The summed E-state index contributed by atoms with van der Waals surface area (Å²) in [7, 11) is 0. The van der Waals surface area contributed by atoms with Gasteiger partial charge in [-0.1, -0.05) is 24.3 Å². The van der Waals surface area contributed by atoms with Crippen molar-refractivity contribution in [3.63, 3.8) is 0 Å². The van der Waals surface area contributed by atoms with Gasteiger partial charge in [-0.2, -0.15) is 0 Å². The van der Waals surface area contributed by atoms with E-state index in [1.165, 1.54) is 11.1 Å². The zero-order valence-corrected chi connectivity index (χ0v) is 9.06. The van der Waals surface area contributed by atoms with Crippen LogP contribution in [0.5, 0.6) is 0 Å². The minimum Gasteiger partial charge on any atom is -0.392 e. The molecule has 78 valence electrons. The first-order valence-corrected chi connectivity index (χ1v) is 6.13. The summed E-state index contributed by atoms with van der Waals surface area (Å²) in [6.45, 7) is 0. The van der Waals surface area contributed by atoms with Crippen LogP contribution in [0, 0.1) is 11.8 Å². The number of alkyl halides is 1. The van der Waals surface area contributed by atoms with Gasteiger partial charge in [-0.05, 0) is 35.3 Å². The van der Waals surface area contributed by atoms with Gasteiger partial charge in [0.1, 0.15) is 0 Å². The standard InChI is InChI=1S/C13H13ClO/c14-9-5-8-10-6-3-1-2-4-7(6)11(10)12(9)13(8)15/h1-4,8-13,15H,5H2/t8-,9+,10+,11+,12+,13-/m1/s1. The quantitative estimate of drug-likeness (QED) is 0.666. The molecule has 2 saturated carbocycles. The molecule has 0 saturated heterocycles. The third kappa shape index (κ3) is 0.821. The Balaban J connectivity index is 1.86. The number of benzene rings is 1. The molecule has 4 rings (SSSR count). The number of rotatable bonds is 0. The predicted octanol–water partition coefficient (Wildman–Crippen LogP) is 2.49. The topological polar surface area (TPSA) is 20.2 Å². The highest BCUT2D eigenvalue weighted by atomic mass is 35.5. The van der Waals surface area contributed by atoms with E-state index in [2.05, 4.69) is 24.3 Å². The first-order valence-electron chi connectivity index (χ1n) is 5.70. The highest BCUT2D eigenvalue weighted by Crippen LogP contribution is 2.68. The van der Waals surface area contributed by atoms with Crippen molar-refractivity contribution < 1.29 is 5.11 Å². The molecule has 0 aliphatic heterocycles. The van der Waals surface area contributed by atoms with Gasteiger partial charge in [0.15, 0.2) is 0 Å². The van der Waals surface area contributed by atoms with Gasteiger partial charge in [-0.15, -0.1) is 11.6 Å². The zero-order valence-electron chi connectivity index (χ0n) is 8.31. The van der Waals surface area contributed by atoms with Crippen LogP contribution in [-0.4, -0.2) is 16.6 Å². The zero-order chi connectivity index (χ0) is 10.2. The van der Waals surface area contributed by atoms with Crippen LogP contribution in [0.4, 0.5) is 0 Å². The fraction of sp³-hybridized carbons (Fsp3) is 0.538. The molecular weight excluding hydrogens is 208 g/mol. The summed E-state index contributed by atoms with van der Waals surface area (Å²) in [6, 6.07) is 8.61. The smallest absolute Gasteiger partial charge is 0.0623 e. The van der Waals surface area contributed by atoms with Gasteiger partial charge >= 0.3 is 0 Å². The average Bonchev–Trinajstić information content (AvgIpc) is 2.61. The largest absolute Gasteiger partial charge is 0.392 e. The summed E-state index contributed by atoms with van der Waals surface area (Å²) in [5.41, 5.74) is 2.91. The van der Waals surface area contributed by atoms with E-state index in [4.69, 9.17) is 11.6 Å². The molecule has 15 heavy (non-hydrogen) atoms. The molecule has 0 radical (unpaired) electrons. The molecular formula is C13H13ClO. The van der Waals surface area contributed by atoms with Crippen molar-refractivity contribution in [2.45, 2.75) is 29.7 Å². The summed E-state index contributed by atoms with van der Waals surface area (Å²) in [4.78, 5) is 0. The Morgan fingerprint density at radius 3 is 2.53 bits per heavy atom. The summed E-state index contributed by atoms with van der Waals surface area (Å²) < 4.78 is 0. The number of hydrogen-bond donors (Lipinski definition) is 1. The third-order valence-electron chi connectivity index (χ3n) is 4.73. The van der Waals surface area contributed by atoms with Crippen LogP contribution in [0.15, 0.2) is 24.3 Å². The number of fused-ring (bicyclic) bond motifs is 8. The van der Waals surface area contributed by atoms with Crippen molar-refractivity contribution in [3.8, 4) is 0 Å². The lowest BCUT2D eigenvalue weighted by molar-refractivity contribution is 0.126. The lowest BCUT2D eigenvalue weighted by atomic mass is 9.61. The van der Waals surface area contributed by atoms with Gasteiger partial charge in [0, 0.05) is 11.3 Å². The minimum atomic E-state index is -0.158. The molecule has 3 aliphatic carbocycles. The highest BCUT2D eigenvalue weighted by Gasteiger charge is 2.63. The second-order valence-corrected chi connectivity index (χ2v) is 5.72. The Morgan fingerprint density at radius 1 is 1.13 bits per heavy atom. The van der Waals surface area contributed by atoms with Crippen molar-refractivity contribution >= 4 is 11.6 Å². The summed E-state index contributed by atoms with van der Waals surface area (Å²) in [5.74, 6) is 1.91. The molecule has 1 N–H and O–H groups in total. The van der Waals surface area contributed by atoms with Crippen molar-refractivity contribution in [2.24, 2.45) is 11.8 Å². The molecule has 1 nitrogen and oxygen atoms in total. The van der Waals surface area contributed by atoms with Crippen LogP contribution in [0.25, 0.3) is 0 Å². The Hall–Kier alpha value is -0.530. The number of hydrogen-bond acceptors (Lipinski definition) is 1. The van der Waals surface area contributed by atoms with Crippen molar-refractivity contribution in [3.05, 3.63) is 35.4 Å². The van der Waals surface area contributed by atoms with E-state index in [0.29, 0.717) is 23.7 Å². The lowest BCUT2D eigenvalue weighted by Gasteiger charge is -2.43. The maximum atomic E-state index is 10.2. The molecule has 0 spiro atoms. The van der Waals surface area contributed by atoms with E-state index < -0.39 is 0 Å². The van der Waals surface area contributed by atoms with Crippen molar-refractivity contribution in [2.75, 3.05) is 0 Å². The second kappa shape index (κ2) is 2.58. The van der Waals surface area contributed by atoms with Gasteiger partial charge in [-0.3, -0.25) is 0 Å². The van der Waals surface area contributed by atoms with E-state index in [-0.39, 0.29) is 11.5 Å². The molecule has 0 heterocycles. The average molecular weight is 221 g/mol. The number of aliphatic hydroxyl groups excluding tert-OH is 1. The molecule has 1 aromatic rings. The highest BCUT2D eigenvalue weighted by molar-refractivity contribution is 6.21. The Bertz CT molecular complexity index is 430. The molecule has 0 amide bonds.